The van der Waals surface area contributed by atoms with Gasteiger partial charge in [0.25, 0.3) is 5.91 Å². The third-order valence-corrected chi connectivity index (χ3v) is 3.73. The molecule has 106 valence electrons. The summed E-state index contributed by atoms with van der Waals surface area (Å²) in [6.45, 7) is -0.0947. The maximum absolute atomic E-state index is 13.3. The Morgan fingerprint density at radius 3 is 2.68 bits per heavy atom. The Bertz CT molecular complexity index is 562. The number of nitrogens with two attached hydrogens (primary N) is 1. The van der Waals surface area contributed by atoms with Crippen molar-refractivity contribution in [2.45, 2.75) is 0 Å². The van der Waals surface area contributed by atoms with Crippen LogP contribution in [0.4, 0.5) is 10.1 Å². The van der Waals surface area contributed by atoms with Gasteiger partial charge in [-0.25, -0.2) is 17.5 Å². The smallest absolute Gasteiger partial charge is 0.253 e. The average molecular weight is 290 g/mol. The SMILES string of the molecule is CNS(=O)(=O)CCNC(=O)c1cccc(F)c1NN. The van der Waals surface area contributed by atoms with E-state index < -0.39 is 21.7 Å². The van der Waals surface area contributed by atoms with E-state index in [0.717, 1.165) is 6.07 Å². The summed E-state index contributed by atoms with van der Waals surface area (Å²) < 4.78 is 37.7. The van der Waals surface area contributed by atoms with Crippen molar-refractivity contribution in [3.05, 3.63) is 29.6 Å². The number of para-hydroxylation sites is 1. The van der Waals surface area contributed by atoms with E-state index in [0.29, 0.717) is 0 Å². The van der Waals surface area contributed by atoms with E-state index in [2.05, 4.69) is 15.5 Å². The van der Waals surface area contributed by atoms with Gasteiger partial charge in [0.15, 0.2) is 0 Å². The molecular formula is C10H15FN4O3S. The average Bonchev–Trinajstić information content (AvgIpc) is 2.38. The maximum atomic E-state index is 13.3. The topological polar surface area (TPSA) is 113 Å². The van der Waals surface area contributed by atoms with Crippen molar-refractivity contribution >= 4 is 21.6 Å². The van der Waals surface area contributed by atoms with Crippen LogP contribution in [0.5, 0.6) is 0 Å². The van der Waals surface area contributed by atoms with Crippen LogP contribution in [0.3, 0.4) is 0 Å². The summed E-state index contributed by atoms with van der Waals surface area (Å²) in [6, 6.07) is 3.88. The van der Waals surface area contributed by atoms with Gasteiger partial charge in [-0.05, 0) is 19.2 Å². The standard InChI is InChI=1S/C10H15FN4O3S/c1-13-19(17,18)6-5-14-10(16)7-3-2-4-8(11)9(7)15-12/h2-4,13,15H,5-6,12H2,1H3,(H,14,16). The molecule has 0 atom stereocenters. The second-order valence-corrected chi connectivity index (χ2v) is 5.63. The van der Waals surface area contributed by atoms with E-state index in [9.17, 15) is 17.6 Å². The van der Waals surface area contributed by atoms with Crippen LogP contribution in [-0.2, 0) is 10.0 Å². The number of hydrazine groups is 1. The van der Waals surface area contributed by atoms with E-state index >= 15 is 0 Å². The third-order valence-electron chi connectivity index (χ3n) is 2.37. The summed E-state index contributed by atoms with van der Waals surface area (Å²) in [7, 11) is -2.12. The van der Waals surface area contributed by atoms with Crippen LogP contribution >= 0.6 is 0 Å². The molecule has 0 saturated carbocycles. The number of amides is 1. The lowest BCUT2D eigenvalue weighted by atomic mass is 10.1. The van der Waals surface area contributed by atoms with Gasteiger partial charge in [0, 0.05) is 6.54 Å². The fourth-order valence-corrected chi connectivity index (χ4v) is 1.93. The molecule has 0 aliphatic heterocycles. The van der Waals surface area contributed by atoms with Gasteiger partial charge in [-0.1, -0.05) is 6.07 Å². The summed E-state index contributed by atoms with van der Waals surface area (Å²) in [6.07, 6.45) is 0. The van der Waals surface area contributed by atoms with E-state index in [1.54, 1.807) is 0 Å². The Hall–Kier alpha value is -1.71. The number of nitrogen functional groups attached to an aromatic ring is 1. The number of carbonyl (C=O) groups is 1. The van der Waals surface area contributed by atoms with E-state index in [1.165, 1.54) is 19.2 Å². The molecule has 0 radical (unpaired) electrons. The molecule has 1 aromatic carbocycles. The number of anilines is 1. The van der Waals surface area contributed by atoms with Crippen LogP contribution in [0, 0.1) is 5.82 Å². The predicted molar refractivity (Wildman–Crippen MR) is 69.4 cm³/mol. The molecule has 0 aromatic heterocycles. The Labute approximate surface area is 110 Å². The molecule has 5 N–H and O–H groups in total. The van der Waals surface area contributed by atoms with Crippen molar-refractivity contribution in [1.29, 1.82) is 0 Å². The highest BCUT2D eigenvalue weighted by Crippen LogP contribution is 2.18. The van der Waals surface area contributed by atoms with Crippen molar-refractivity contribution < 1.29 is 17.6 Å². The fourth-order valence-electron chi connectivity index (χ4n) is 1.36. The first kappa shape index (κ1) is 15.3. The minimum Gasteiger partial charge on any atom is -0.351 e. The number of carbonyl (C=O) groups excluding carboxylic acids is 1. The van der Waals surface area contributed by atoms with E-state index in [4.69, 9.17) is 5.84 Å². The zero-order valence-electron chi connectivity index (χ0n) is 10.2. The zero-order chi connectivity index (χ0) is 14.5. The first-order chi connectivity index (χ1) is 8.91. The van der Waals surface area contributed by atoms with Gasteiger partial charge < -0.3 is 10.7 Å². The monoisotopic (exact) mass is 290 g/mol. The summed E-state index contributed by atoms with van der Waals surface area (Å²) >= 11 is 0. The molecule has 1 rings (SSSR count). The molecule has 0 saturated heterocycles. The quantitative estimate of drug-likeness (QED) is 0.412. The van der Waals surface area contributed by atoms with Crippen molar-refractivity contribution in [1.82, 2.24) is 10.0 Å². The molecule has 19 heavy (non-hydrogen) atoms. The molecular weight excluding hydrogens is 275 g/mol. The largest absolute Gasteiger partial charge is 0.351 e. The summed E-state index contributed by atoms with van der Waals surface area (Å²) in [4.78, 5) is 11.8. The Kier molecular flexibility index (Phi) is 5.21. The van der Waals surface area contributed by atoms with Crippen LogP contribution in [-0.4, -0.2) is 33.7 Å². The van der Waals surface area contributed by atoms with E-state index in [-0.39, 0.29) is 23.5 Å². The molecule has 0 bridgehead atoms. The second-order valence-electron chi connectivity index (χ2n) is 3.59. The number of hydrogen-bond acceptors (Lipinski definition) is 5. The molecule has 0 heterocycles. The molecule has 9 heteroatoms. The van der Waals surface area contributed by atoms with Crippen LogP contribution in [0.15, 0.2) is 18.2 Å². The van der Waals surface area contributed by atoms with Gasteiger partial charge in [0.2, 0.25) is 10.0 Å². The van der Waals surface area contributed by atoms with Gasteiger partial charge in [-0.15, -0.1) is 0 Å². The van der Waals surface area contributed by atoms with Gasteiger partial charge in [-0.2, -0.15) is 0 Å². The minimum absolute atomic E-state index is 0.00403. The minimum atomic E-state index is -3.40. The van der Waals surface area contributed by atoms with Crippen LogP contribution in [0.2, 0.25) is 0 Å². The Morgan fingerprint density at radius 2 is 2.11 bits per heavy atom. The number of sulfonamides is 1. The van der Waals surface area contributed by atoms with Crippen LogP contribution in [0.25, 0.3) is 0 Å². The highest BCUT2D eigenvalue weighted by atomic mass is 32.2. The van der Waals surface area contributed by atoms with Crippen molar-refractivity contribution in [3.8, 4) is 0 Å². The molecule has 0 fully saturated rings. The lowest BCUT2D eigenvalue weighted by Gasteiger charge is -2.10. The van der Waals surface area contributed by atoms with Gasteiger partial charge in [0.1, 0.15) is 5.82 Å². The normalized spacial score (nSPS) is 11.1. The van der Waals surface area contributed by atoms with Crippen molar-refractivity contribution in [2.24, 2.45) is 5.84 Å². The highest BCUT2D eigenvalue weighted by molar-refractivity contribution is 7.89. The van der Waals surface area contributed by atoms with Crippen molar-refractivity contribution in [2.75, 3.05) is 24.8 Å². The summed E-state index contributed by atoms with van der Waals surface area (Å²) in [5.41, 5.74) is 1.96. The Morgan fingerprint density at radius 1 is 1.42 bits per heavy atom. The Balaban J connectivity index is 2.72. The molecule has 0 aliphatic rings. The van der Waals surface area contributed by atoms with Crippen LogP contribution < -0.4 is 21.3 Å². The van der Waals surface area contributed by atoms with Gasteiger partial charge in [-0.3, -0.25) is 10.6 Å². The molecule has 0 spiro atoms. The number of nitrogens with one attached hydrogen (secondary N) is 3. The van der Waals surface area contributed by atoms with Crippen LogP contribution in [0.1, 0.15) is 10.4 Å². The summed E-state index contributed by atoms with van der Waals surface area (Å²) in [5.74, 6) is 3.58. The second kappa shape index (κ2) is 6.45. The zero-order valence-corrected chi connectivity index (χ0v) is 11.1. The number of benzene rings is 1. The van der Waals surface area contributed by atoms with E-state index in [1.807, 2.05) is 0 Å². The molecule has 1 amide bonds. The molecule has 7 nitrogen and oxygen atoms in total. The number of hydrogen-bond donors (Lipinski definition) is 4. The number of rotatable bonds is 6. The lowest BCUT2D eigenvalue weighted by molar-refractivity contribution is 0.0956. The maximum Gasteiger partial charge on any atom is 0.253 e. The summed E-state index contributed by atoms with van der Waals surface area (Å²) in [5, 5.41) is 2.37. The lowest BCUT2D eigenvalue weighted by Crippen LogP contribution is -2.33. The molecule has 0 unspecified atom stereocenters. The molecule has 0 aliphatic carbocycles. The number of halogens is 1. The van der Waals surface area contributed by atoms with Gasteiger partial charge >= 0.3 is 0 Å². The van der Waals surface area contributed by atoms with Crippen molar-refractivity contribution in [3.63, 3.8) is 0 Å². The predicted octanol–water partition coefficient (Wildman–Crippen LogP) is -0.610. The third kappa shape index (κ3) is 4.16. The first-order valence-corrected chi connectivity index (χ1v) is 7.01. The van der Waals surface area contributed by atoms with Gasteiger partial charge in [0.05, 0.1) is 17.0 Å². The highest BCUT2D eigenvalue weighted by Gasteiger charge is 2.15. The molecule has 1 aromatic rings. The fraction of sp³-hybridized carbons (Fsp3) is 0.300. The first-order valence-electron chi connectivity index (χ1n) is 5.36.